The van der Waals surface area contributed by atoms with E-state index in [2.05, 4.69) is 29.6 Å². The van der Waals surface area contributed by atoms with E-state index >= 15 is 0 Å². The van der Waals surface area contributed by atoms with Crippen LogP contribution in [0.3, 0.4) is 0 Å². The van der Waals surface area contributed by atoms with Gasteiger partial charge in [0, 0.05) is 6.42 Å². The van der Waals surface area contributed by atoms with Crippen LogP contribution in [0.4, 0.5) is 20.6 Å². The van der Waals surface area contributed by atoms with E-state index in [0.29, 0.717) is 42.0 Å². The average Bonchev–Trinajstić information content (AvgIpc) is 2.90. The van der Waals surface area contributed by atoms with Crippen LogP contribution >= 0.6 is 0 Å². The van der Waals surface area contributed by atoms with E-state index in [9.17, 15) is 14.0 Å². The lowest BCUT2D eigenvalue weighted by molar-refractivity contribution is -0.138. The van der Waals surface area contributed by atoms with Crippen LogP contribution in [0.2, 0.25) is 0 Å². The van der Waals surface area contributed by atoms with Crippen LogP contribution in [0.25, 0.3) is 11.1 Å². The predicted octanol–water partition coefficient (Wildman–Crippen LogP) is 6.98. The first-order valence-electron chi connectivity index (χ1n) is 12.8. The van der Waals surface area contributed by atoms with Gasteiger partial charge >= 0.3 is 12.0 Å². The van der Waals surface area contributed by atoms with Gasteiger partial charge in [-0.25, -0.2) is 9.18 Å². The third kappa shape index (κ3) is 5.45. The number of anilines is 2. The molecule has 0 spiro atoms. The van der Waals surface area contributed by atoms with Crippen LogP contribution in [0, 0.1) is 18.7 Å². The third-order valence-electron chi connectivity index (χ3n) is 7.55. The Bertz CT molecular complexity index is 1280. The Labute approximate surface area is 216 Å². The number of nitrogens with one attached hydrogen (secondary N) is 1. The summed E-state index contributed by atoms with van der Waals surface area (Å²) in [6.45, 7) is 2.48. The fraction of sp³-hybridized carbons (Fsp3) is 0.333. The van der Waals surface area contributed by atoms with Gasteiger partial charge in [-0.1, -0.05) is 42.5 Å². The molecule has 3 aromatic rings. The van der Waals surface area contributed by atoms with E-state index in [4.69, 9.17) is 9.84 Å². The highest BCUT2D eigenvalue weighted by Crippen LogP contribution is 2.39. The van der Waals surface area contributed by atoms with Crippen LogP contribution in [-0.4, -0.2) is 30.3 Å². The van der Waals surface area contributed by atoms with Crippen molar-refractivity contribution in [3.05, 3.63) is 77.6 Å². The van der Waals surface area contributed by atoms with Crippen molar-refractivity contribution in [2.75, 3.05) is 23.4 Å². The largest absolute Gasteiger partial charge is 0.490 e. The first-order valence-corrected chi connectivity index (χ1v) is 12.8. The molecule has 1 heterocycles. The quantitative estimate of drug-likeness (QED) is 0.394. The summed E-state index contributed by atoms with van der Waals surface area (Å²) in [7, 11) is 0. The molecule has 1 saturated carbocycles. The van der Waals surface area contributed by atoms with Crippen LogP contribution in [0.1, 0.15) is 49.1 Å². The third-order valence-corrected chi connectivity index (χ3v) is 7.55. The molecule has 7 heteroatoms. The van der Waals surface area contributed by atoms with Gasteiger partial charge in [0.1, 0.15) is 18.2 Å². The zero-order valence-electron chi connectivity index (χ0n) is 20.9. The minimum atomic E-state index is -0.703. The molecule has 1 aliphatic heterocycles. The van der Waals surface area contributed by atoms with Crippen molar-refractivity contribution in [1.82, 2.24) is 0 Å². The number of hydrogen-bond acceptors (Lipinski definition) is 3. The highest BCUT2D eigenvalue weighted by molar-refractivity contribution is 6.03. The number of carbonyl (C=O) groups is 2. The van der Waals surface area contributed by atoms with Gasteiger partial charge in [-0.2, -0.15) is 0 Å². The Morgan fingerprint density at radius 2 is 1.76 bits per heavy atom. The number of halogens is 1. The number of hydrogen-bond donors (Lipinski definition) is 2. The molecule has 0 radical (unpaired) electrons. The second-order valence-corrected chi connectivity index (χ2v) is 9.98. The molecule has 0 unspecified atom stereocenters. The molecule has 6 nitrogen and oxygen atoms in total. The number of aryl methyl sites for hydroxylation is 1. The minimum Gasteiger partial charge on any atom is -0.490 e. The number of fused-ring (bicyclic) bond motifs is 1. The molecule has 0 atom stereocenters. The van der Waals surface area contributed by atoms with Gasteiger partial charge in [0.15, 0.2) is 0 Å². The maximum Gasteiger partial charge on any atom is 0.326 e. The summed E-state index contributed by atoms with van der Waals surface area (Å²) in [6, 6.07) is 18.6. The maximum absolute atomic E-state index is 14.2. The summed E-state index contributed by atoms with van der Waals surface area (Å²) in [4.78, 5) is 25.6. The Kier molecular flexibility index (Phi) is 7.12. The Morgan fingerprint density at radius 1 is 1.03 bits per heavy atom. The molecular formula is C30H31FN2O4. The molecule has 2 amide bonds. The van der Waals surface area contributed by atoms with Gasteiger partial charge in [0.2, 0.25) is 0 Å². The highest BCUT2D eigenvalue weighted by Gasteiger charge is 2.26. The Balaban J connectivity index is 1.28. The van der Waals surface area contributed by atoms with E-state index in [1.54, 1.807) is 24.0 Å². The number of carboxylic acid groups (broad SMARTS) is 1. The topological polar surface area (TPSA) is 78.9 Å². The number of benzene rings is 3. The smallest absolute Gasteiger partial charge is 0.326 e. The molecule has 5 rings (SSSR count). The number of para-hydroxylation sites is 1. The lowest BCUT2D eigenvalue weighted by Gasteiger charge is -2.30. The molecule has 0 aromatic heterocycles. The molecule has 2 aliphatic rings. The van der Waals surface area contributed by atoms with Crippen molar-refractivity contribution in [3.8, 4) is 16.9 Å². The molecule has 1 fully saturated rings. The Morgan fingerprint density at radius 3 is 2.46 bits per heavy atom. The maximum atomic E-state index is 14.2. The van der Waals surface area contributed by atoms with Gasteiger partial charge in [-0.15, -0.1) is 0 Å². The fourth-order valence-electron chi connectivity index (χ4n) is 5.47. The van der Waals surface area contributed by atoms with Crippen molar-refractivity contribution in [1.29, 1.82) is 0 Å². The van der Waals surface area contributed by atoms with E-state index in [0.717, 1.165) is 36.8 Å². The van der Waals surface area contributed by atoms with Crippen LogP contribution in [-0.2, 0) is 4.79 Å². The minimum absolute atomic E-state index is 0.188. The molecule has 37 heavy (non-hydrogen) atoms. The zero-order valence-corrected chi connectivity index (χ0v) is 20.9. The second kappa shape index (κ2) is 10.6. The van der Waals surface area contributed by atoms with E-state index in [1.807, 2.05) is 18.2 Å². The summed E-state index contributed by atoms with van der Waals surface area (Å²) in [5.41, 5.74) is 4.83. The highest BCUT2D eigenvalue weighted by atomic mass is 19.1. The fourth-order valence-corrected chi connectivity index (χ4v) is 5.47. The standard InChI is InChI=1S/C30H31FN2O4/c1-19-3-2-4-25(31)29(19)32-30(36)33-15-16-37-27-18-24(13-14-26(27)33)23-11-9-22(10-12-23)21-7-5-20(6-8-21)17-28(34)35/h2-4,9-14,18,20-21H,5-8,15-17H2,1H3,(H,32,36)(H,34,35). The molecule has 2 N–H and O–H groups in total. The molecule has 3 aromatic carbocycles. The van der Waals surface area contributed by atoms with Crippen LogP contribution in [0.15, 0.2) is 60.7 Å². The normalized spacial score (nSPS) is 19.0. The zero-order chi connectivity index (χ0) is 25.9. The number of rotatable bonds is 5. The van der Waals surface area contributed by atoms with Gasteiger partial charge in [-0.05, 0) is 84.9 Å². The van der Waals surface area contributed by atoms with Gasteiger partial charge in [0.05, 0.1) is 17.9 Å². The molecule has 192 valence electrons. The monoisotopic (exact) mass is 502 g/mol. The molecule has 0 bridgehead atoms. The SMILES string of the molecule is Cc1cccc(F)c1NC(=O)N1CCOc2cc(-c3ccc(C4CCC(CC(=O)O)CC4)cc3)ccc21. The number of urea groups is 1. The second-order valence-electron chi connectivity index (χ2n) is 9.98. The lowest BCUT2D eigenvalue weighted by atomic mass is 9.77. The first-order chi connectivity index (χ1) is 17.9. The summed E-state index contributed by atoms with van der Waals surface area (Å²) >= 11 is 0. The first kappa shape index (κ1) is 24.8. The van der Waals surface area contributed by atoms with Gasteiger partial charge in [0.25, 0.3) is 0 Å². The summed E-state index contributed by atoms with van der Waals surface area (Å²) in [5, 5.41) is 11.7. The molecule has 1 aliphatic carbocycles. The number of nitrogens with zero attached hydrogens (tertiary/aromatic N) is 1. The predicted molar refractivity (Wildman–Crippen MR) is 142 cm³/mol. The number of carbonyl (C=O) groups excluding carboxylic acids is 1. The summed E-state index contributed by atoms with van der Waals surface area (Å²) in [5.74, 6) is 0.210. The number of carboxylic acids is 1. The van der Waals surface area contributed by atoms with E-state index in [-0.39, 0.29) is 12.1 Å². The van der Waals surface area contributed by atoms with Crippen LogP contribution < -0.4 is 15.0 Å². The number of amides is 2. The van der Waals surface area contributed by atoms with Crippen LogP contribution in [0.5, 0.6) is 5.75 Å². The molecule has 0 saturated heterocycles. The lowest BCUT2D eigenvalue weighted by Crippen LogP contribution is -2.41. The average molecular weight is 503 g/mol. The summed E-state index contributed by atoms with van der Waals surface area (Å²) in [6.07, 6.45) is 4.24. The van der Waals surface area contributed by atoms with Crippen molar-refractivity contribution < 1.29 is 23.8 Å². The number of aliphatic carboxylic acids is 1. The molecular weight excluding hydrogens is 471 g/mol. The van der Waals surface area contributed by atoms with Gasteiger partial charge < -0.3 is 15.2 Å². The Hall–Kier alpha value is -3.87. The van der Waals surface area contributed by atoms with Crippen molar-refractivity contribution in [2.45, 2.75) is 44.9 Å². The van der Waals surface area contributed by atoms with Crippen molar-refractivity contribution in [3.63, 3.8) is 0 Å². The van der Waals surface area contributed by atoms with Crippen molar-refractivity contribution >= 4 is 23.4 Å². The van der Waals surface area contributed by atoms with E-state index < -0.39 is 17.8 Å². The number of ether oxygens (including phenoxy) is 1. The van der Waals surface area contributed by atoms with Gasteiger partial charge in [-0.3, -0.25) is 9.69 Å². The van der Waals surface area contributed by atoms with Crippen molar-refractivity contribution in [2.24, 2.45) is 5.92 Å². The van der Waals surface area contributed by atoms with E-state index in [1.165, 1.54) is 11.6 Å². The summed E-state index contributed by atoms with van der Waals surface area (Å²) < 4.78 is 20.1.